The van der Waals surface area contributed by atoms with Crippen LogP contribution in [0.1, 0.15) is 31.0 Å². The number of alkyl halides is 3. The lowest BCUT2D eigenvalue weighted by atomic mass is 10.0. The smallest absolute Gasteiger partial charge is 0.300 e. The number of hydrogen-bond donors (Lipinski definition) is 0. The molecule has 1 nitrogen and oxygen atoms in total. The SMILES string of the molecule is CCN(C)C(C)c1ccccc1C(F)(F)F. The monoisotopic (exact) mass is 231 g/mol. The van der Waals surface area contributed by atoms with Crippen LogP contribution in [-0.2, 0) is 6.18 Å². The second kappa shape index (κ2) is 4.87. The third kappa shape index (κ3) is 2.76. The van der Waals surface area contributed by atoms with Crippen molar-refractivity contribution in [1.82, 2.24) is 4.90 Å². The van der Waals surface area contributed by atoms with Gasteiger partial charge in [0.25, 0.3) is 0 Å². The average Bonchev–Trinajstić information content (AvgIpc) is 2.26. The molecule has 0 amide bonds. The molecule has 0 aliphatic heterocycles. The molecule has 1 rings (SSSR count). The molecule has 1 atom stereocenters. The van der Waals surface area contributed by atoms with Crippen molar-refractivity contribution in [3.8, 4) is 0 Å². The molecule has 90 valence electrons. The highest BCUT2D eigenvalue weighted by atomic mass is 19.4. The average molecular weight is 231 g/mol. The van der Waals surface area contributed by atoms with Crippen LogP contribution in [0, 0.1) is 0 Å². The van der Waals surface area contributed by atoms with Crippen molar-refractivity contribution in [1.29, 1.82) is 0 Å². The Labute approximate surface area is 93.9 Å². The molecule has 0 bridgehead atoms. The summed E-state index contributed by atoms with van der Waals surface area (Å²) in [5.74, 6) is 0. The largest absolute Gasteiger partial charge is 0.416 e. The molecule has 0 N–H and O–H groups in total. The molecule has 1 aromatic carbocycles. The van der Waals surface area contributed by atoms with Gasteiger partial charge in [-0.15, -0.1) is 0 Å². The number of halogens is 3. The lowest BCUT2D eigenvalue weighted by Gasteiger charge is -2.26. The van der Waals surface area contributed by atoms with E-state index in [4.69, 9.17) is 0 Å². The van der Waals surface area contributed by atoms with Gasteiger partial charge in [-0.1, -0.05) is 25.1 Å². The molecule has 0 aliphatic rings. The Morgan fingerprint density at radius 2 is 1.81 bits per heavy atom. The summed E-state index contributed by atoms with van der Waals surface area (Å²) in [4.78, 5) is 1.88. The summed E-state index contributed by atoms with van der Waals surface area (Å²) in [6.45, 7) is 4.42. The molecule has 0 fully saturated rings. The van der Waals surface area contributed by atoms with Crippen molar-refractivity contribution in [2.45, 2.75) is 26.1 Å². The molecule has 0 spiro atoms. The van der Waals surface area contributed by atoms with Gasteiger partial charge >= 0.3 is 6.18 Å². The van der Waals surface area contributed by atoms with E-state index in [9.17, 15) is 13.2 Å². The van der Waals surface area contributed by atoms with E-state index in [0.717, 1.165) is 6.07 Å². The Morgan fingerprint density at radius 3 is 2.31 bits per heavy atom. The van der Waals surface area contributed by atoms with Crippen molar-refractivity contribution in [3.05, 3.63) is 35.4 Å². The van der Waals surface area contributed by atoms with Gasteiger partial charge in [0.05, 0.1) is 5.56 Å². The highest BCUT2D eigenvalue weighted by Crippen LogP contribution is 2.35. The zero-order valence-corrected chi connectivity index (χ0v) is 9.67. The first-order chi connectivity index (χ1) is 7.38. The van der Waals surface area contributed by atoms with Gasteiger partial charge in [0.1, 0.15) is 0 Å². The topological polar surface area (TPSA) is 3.24 Å². The first-order valence-electron chi connectivity index (χ1n) is 5.24. The zero-order chi connectivity index (χ0) is 12.3. The second-order valence-electron chi connectivity index (χ2n) is 3.83. The van der Waals surface area contributed by atoms with Crippen LogP contribution in [-0.4, -0.2) is 18.5 Å². The van der Waals surface area contributed by atoms with Gasteiger partial charge in [0.2, 0.25) is 0 Å². The number of benzene rings is 1. The standard InChI is InChI=1S/C12H16F3N/c1-4-16(3)9(2)10-7-5-6-8-11(10)12(13,14)15/h5-9H,4H2,1-3H3. The van der Waals surface area contributed by atoms with Crippen molar-refractivity contribution in [3.63, 3.8) is 0 Å². The van der Waals surface area contributed by atoms with E-state index in [-0.39, 0.29) is 6.04 Å². The molecule has 1 unspecified atom stereocenters. The van der Waals surface area contributed by atoms with Gasteiger partial charge < -0.3 is 0 Å². The highest BCUT2D eigenvalue weighted by Gasteiger charge is 2.34. The maximum Gasteiger partial charge on any atom is 0.416 e. The van der Waals surface area contributed by atoms with Gasteiger partial charge in [-0.2, -0.15) is 13.2 Å². The highest BCUT2D eigenvalue weighted by molar-refractivity contribution is 5.32. The quantitative estimate of drug-likeness (QED) is 0.766. The fraction of sp³-hybridized carbons (Fsp3) is 0.500. The summed E-state index contributed by atoms with van der Waals surface area (Å²) in [5.41, 5.74) is -0.206. The molecule has 0 saturated carbocycles. The normalized spacial score (nSPS) is 14.2. The molecule has 16 heavy (non-hydrogen) atoms. The first kappa shape index (κ1) is 13.0. The molecule has 0 aromatic heterocycles. The Balaban J connectivity index is 3.13. The van der Waals surface area contributed by atoms with Crippen LogP contribution in [0.5, 0.6) is 0 Å². The molecule has 0 aliphatic carbocycles. The minimum Gasteiger partial charge on any atom is -0.300 e. The van der Waals surface area contributed by atoms with Crippen LogP contribution < -0.4 is 0 Å². The van der Waals surface area contributed by atoms with E-state index in [1.54, 1.807) is 19.1 Å². The van der Waals surface area contributed by atoms with E-state index >= 15 is 0 Å². The lowest BCUT2D eigenvalue weighted by molar-refractivity contribution is -0.138. The van der Waals surface area contributed by atoms with E-state index in [1.807, 2.05) is 18.9 Å². The third-order valence-electron chi connectivity index (χ3n) is 2.88. The Bertz CT molecular complexity index is 346. The van der Waals surface area contributed by atoms with Gasteiger partial charge in [-0.05, 0) is 32.1 Å². The summed E-state index contributed by atoms with van der Waals surface area (Å²) in [6.07, 6.45) is -4.28. The summed E-state index contributed by atoms with van der Waals surface area (Å²) >= 11 is 0. The van der Waals surface area contributed by atoms with E-state index in [2.05, 4.69) is 0 Å². The van der Waals surface area contributed by atoms with Crippen LogP contribution >= 0.6 is 0 Å². The van der Waals surface area contributed by atoms with Crippen molar-refractivity contribution < 1.29 is 13.2 Å². The summed E-state index contributed by atoms with van der Waals surface area (Å²) in [7, 11) is 1.82. The molecular formula is C12H16F3N. The van der Waals surface area contributed by atoms with Crippen molar-refractivity contribution in [2.75, 3.05) is 13.6 Å². The fourth-order valence-corrected chi connectivity index (χ4v) is 1.63. The second-order valence-corrected chi connectivity index (χ2v) is 3.83. The summed E-state index contributed by atoms with van der Waals surface area (Å²) in [6, 6.07) is 5.51. The van der Waals surface area contributed by atoms with Gasteiger partial charge in [-0.25, -0.2) is 0 Å². The lowest BCUT2D eigenvalue weighted by Crippen LogP contribution is -2.24. The molecular weight excluding hydrogens is 215 g/mol. The van der Waals surface area contributed by atoms with Crippen molar-refractivity contribution >= 4 is 0 Å². The van der Waals surface area contributed by atoms with Crippen LogP contribution in [0.4, 0.5) is 13.2 Å². The van der Waals surface area contributed by atoms with Crippen molar-refractivity contribution in [2.24, 2.45) is 0 Å². The molecule has 4 heteroatoms. The molecule has 0 saturated heterocycles. The van der Waals surface area contributed by atoms with E-state index in [0.29, 0.717) is 12.1 Å². The Kier molecular flexibility index (Phi) is 3.97. The van der Waals surface area contributed by atoms with Gasteiger partial charge in [0, 0.05) is 6.04 Å². The maximum atomic E-state index is 12.8. The predicted octanol–water partition coefficient (Wildman–Crippen LogP) is 3.72. The van der Waals surface area contributed by atoms with E-state index < -0.39 is 11.7 Å². The molecule has 0 radical (unpaired) electrons. The van der Waals surface area contributed by atoms with E-state index in [1.165, 1.54) is 6.07 Å². The summed E-state index contributed by atoms with van der Waals surface area (Å²) in [5, 5.41) is 0. The summed E-state index contributed by atoms with van der Waals surface area (Å²) < 4.78 is 38.3. The molecule has 0 heterocycles. The first-order valence-corrected chi connectivity index (χ1v) is 5.24. The number of rotatable bonds is 3. The predicted molar refractivity (Wildman–Crippen MR) is 58.2 cm³/mol. The van der Waals surface area contributed by atoms with Crippen LogP contribution in [0.15, 0.2) is 24.3 Å². The molecule has 1 aromatic rings. The van der Waals surface area contributed by atoms with Gasteiger partial charge in [0.15, 0.2) is 0 Å². The Hall–Kier alpha value is -1.03. The zero-order valence-electron chi connectivity index (χ0n) is 9.67. The number of nitrogens with zero attached hydrogens (tertiary/aromatic N) is 1. The van der Waals surface area contributed by atoms with Crippen LogP contribution in [0.3, 0.4) is 0 Å². The van der Waals surface area contributed by atoms with Gasteiger partial charge in [-0.3, -0.25) is 4.90 Å². The fourth-order valence-electron chi connectivity index (χ4n) is 1.63. The minimum atomic E-state index is -4.28. The Morgan fingerprint density at radius 1 is 1.25 bits per heavy atom. The minimum absolute atomic E-state index is 0.233. The number of hydrogen-bond acceptors (Lipinski definition) is 1. The third-order valence-corrected chi connectivity index (χ3v) is 2.88. The van der Waals surface area contributed by atoms with Crippen LogP contribution in [0.2, 0.25) is 0 Å². The maximum absolute atomic E-state index is 12.8. The van der Waals surface area contributed by atoms with Crippen LogP contribution in [0.25, 0.3) is 0 Å².